The molecular weight excluding hydrogens is 320 g/mol. The van der Waals surface area contributed by atoms with Crippen molar-refractivity contribution < 1.29 is 4.79 Å². The topological polar surface area (TPSA) is 75.0 Å². The lowest BCUT2D eigenvalue weighted by atomic mass is 10.1. The number of thioether (sulfide) groups is 1. The van der Waals surface area contributed by atoms with Gasteiger partial charge < -0.3 is 15.6 Å². The quantitative estimate of drug-likeness (QED) is 0.677. The first-order chi connectivity index (χ1) is 11.5. The van der Waals surface area contributed by atoms with E-state index in [1.807, 2.05) is 6.07 Å². The number of fused-ring (bicyclic) bond motifs is 1. The number of aromatic amines is 1. The van der Waals surface area contributed by atoms with E-state index in [2.05, 4.69) is 53.2 Å². The molecule has 24 heavy (non-hydrogen) atoms. The van der Waals surface area contributed by atoms with Crippen molar-refractivity contribution in [1.82, 2.24) is 14.9 Å². The van der Waals surface area contributed by atoms with E-state index in [0.717, 1.165) is 23.0 Å². The van der Waals surface area contributed by atoms with Gasteiger partial charge in [0.2, 0.25) is 0 Å². The normalized spacial score (nSPS) is 11.3. The van der Waals surface area contributed by atoms with E-state index in [1.165, 1.54) is 11.1 Å². The largest absolute Gasteiger partial charge is 0.366 e. The lowest BCUT2D eigenvalue weighted by Crippen LogP contribution is -2.11. The number of imidazole rings is 1. The van der Waals surface area contributed by atoms with E-state index in [9.17, 15) is 4.79 Å². The van der Waals surface area contributed by atoms with Crippen LogP contribution in [0.3, 0.4) is 0 Å². The Hall–Kier alpha value is -2.31. The first-order valence-corrected chi connectivity index (χ1v) is 8.65. The van der Waals surface area contributed by atoms with Crippen molar-refractivity contribution in [3.63, 3.8) is 0 Å². The van der Waals surface area contributed by atoms with Gasteiger partial charge in [-0.1, -0.05) is 42.1 Å². The highest BCUT2D eigenvalue weighted by Crippen LogP contribution is 2.25. The van der Waals surface area contributed by atoms with E-state index in [1.54, 1.807) is 23.9 Å². The second-order valence-corrected chi connectivity index (χ2v) is 6.91. The van der Waals surface area contributed by atoms with Crippen molar-refractivity contribution in [2.45, 2.75) is 17.5 Å². The molecule has 2 aromatic carbocycles. The maximum absolute atomic E-state index is 11.5. The predicted octanol–water partition coefficient (Wildman–Crippen LogP) is 3.02. The number of carbonyl (C=O) groups is 1. The highest BCUT2D eigenvalue weighted by Gasteiger charge is 2.11. The first kappa shape index (κ1) is 16.5. The third-order valence-electron chi connectivity index (χ3n) is 3.65. The van der Waals surface area contributed by atoms with Gasteiger partial charge in [0.05, 0.1) is 11.1 Å². The maximum Gasteiger partial charge on any atom is 0.250 e. The zero-order chi connectivity index (χ0) is 17.1. The van der Waals surface area contributed by atoms with Crippen LogP contribution in [0.15, 0.2) is 47.6 Å². The molecule has 0 aliphatic rings. The van der Waals surface area contributed by atoms with Crippen LogP contribution in [0.1, 0.15) is 21.5 Å². The summed E-state index contributed by atoms with van der Waals surface area (Å²) in [5.41, 5.74) is 9.84. The molecule has 0 bridgehead atoms. The Bertz CT molecular complexity index is 855. The molecule has 0 atom stereocenters. The first-order valence-electron chi connectivity index (χ1n) is 7.67. The number of hydrogen-bond donors (Lipinski definition) is 2. The number of nitrogens with one attached hydrogen (secondary N) is 1. The second kappa shape index (κ2) is 7.07. The molecule has 5 nitrogen and oxygen atoms in total. The number of hydrogen-bond acceptors (Lipinski definition) is 4. The molecule has 0 aliphatic heterocycles. The van der Waals surface area contributed by atoms with Crippen molar-refractivity contribution in [1.29, 1.82) is 0 Å². The van der Waals surface area contributed by atoms with Gasteiger partial charge in [0, 0.05) is 12.3 Å². The Labute approximate surface area is 145 Å². The van der Waals surface area contributed by atoms with Crippen LogP contribution in [0.2, 0.25) is 0 Å². The molecule has 0 fully saturated rings. The zero-order valence-electron chi connectivity index (χ0n) is 13.7. The number of amides is 1. The molecule has 3 rings (SSSR count). The van der Waals surface area contributed by atoms with E-state index in [-0.39, 0.29) is 0 Å². The summed E-state index contributed by atoms with van der Waals surface area (Å²) in [6.45, 7) is 0.937. The molecule has 0 radical (unpaired) electrons. The molecule has 1 amide bonds. The lowest BCUT2D eigenvalue weighted by Gasteiger charge is -2.09. The van der Waals surface area contributed by atoms with Crippen LogP contribution in [0, 0.1) is 0 Å². The number of carbonyl (C=O) groups excluding carboxylic acids is 1. The summed E-state index contributed by atoms with van der Waals surface area (Å²) in [4.78, 5) is 21.4. The van der Waals surface area contributed by atoms with Gasteiger partial charge in [0.25, 0.3) is 5.91 Å². The zero-order valence-corrected chi connectivity index (χ0v) is 14.6. The summed E-state index contributed by atoms with van der Waals surface area (Å²) in [5, 5.41) is 0.788. The predicted molar refractivity (Wildman–Crippen MR) is 98.0 cm³/mol. The number of nitrogens with zero attached hydrogens (tertiary/aromatic N) is 2. The van der Waals surface area contributed by atoms with Crippen molar-refractivity contribution in [3.05, 3.63) is 59.2 Å². The number of benzene rings is 2. The molecule has 0 spiro atoms. The van der Waals surface area contributed by atoms with Gasteiger partial charge in [-0.15, -0.1) is 0 Å². The summed E-state index contributed by atoms with van der Waals surface area (Å²) in [6, 6.07) is 14.0. The average molecular weight is 340 g/mol. The van der Waals surface area contributed by atoms with E-state index < -0.39 is 5.91 Å². The van der Waals surface area contributed by atoms with Gasteiger partial charge in [-0.2, -0.15) is 0 Å². The average Bonchev–Trinajstić information content (AvgIpc) is 2.96. The van der Waals surface area contributed by atoms with Gasteiger partial charge in [0.15, 0.2) is 5.16 Å². The Morgan fingerprint density at radius 3 is 2.54 bits per heavy atom. The lowest BCUT2D eigenvalue weighted by molar-refractivity contribution is 0.100. The number of rotatable bonds is 6. The van der Waals surface area contributed by atoms with Crippen LogP contribution in [0.5, 0.6) is 0 Å². The Morgan fingerprint density at radius 2 is 1.88 bits per heavy atom. The number of primary amides is 1. The van der Waals surface area contributed by atoms with Crippen LogP contribution < -0.4 is 5.73 Å². The summed E-state index contributed by atoms with van der Waals surface area (Å²) in [6.07, 6.45) is 0. The molecule has 0 aliphatic carbocycles. The molecule has 124 valence electrons. The van der Waals surface area contributed by atoms with Crippen LogP contribution in [-0.2, 0) is 12.3 Å². The highest BCUT2D eigenvalue weighted by molar-refractivity contribution is 7.98. The van der Waals surface area contributed by atoms with Crippen LogP contribution in [0.25, 0.3) is 11.0 Å². The third-order valence-corrected chi connectivity index (χ3v) is 4.60. The molecule has 0 saturated carbocycles. The van der Waals surface area contributed by atoms with Crippen molar-refractivity contribution >= 4 is 28.7 Å². The highest BCUT2D eigenvalue weighted by atomic mass is 32.2. The number of para-hydroxylation sites is 1. The van der Waals surface area contributed by atoms with Crippen molar-refractivity contribution in [2.75, 3.05) is 14.1 Å². The summed E-state index contributed by atoms with van der Waals surface area (Å²) in [5.74, 6) is 0.355. The molecular formula is C18H20N4OS. The smallest absolute Gasteiger partial charge is 0.250 e. The molecule has 6 heteroatoms. The van der Waals surface area contributed by atoms with Crippen LogP contribution in [-0.4, -0.2) is 34.9 Å². The molecule has 0 saturated heterocycles. The molecule has 1 heterocycles. The minimum atomic E-state index is -0.458. The Morgan fingerprint density at radius 1 is 1.17 bits per heavy atom. The monoisotopic (exact) mass is 340 g/mol. The van der Waals surface area contributed by atoms with Crippen LogP contribution >= 0.6 is 11.8 Å². The Balaban J connectivity index is 1.71. The van der Waals surface area contributed by atoms with E-state index in [0.29, 0.717) is 11.1 Å². The number of nitrogens with two attached hydrogens (primary N) is 1. The minimum absolute atomic E-state index is 0.448. The Kier molecular flexibility index (Phi) is 4.87. The third kappa shape index (κ3) is 3.77. The van der Waals surface area contributed by atoms with E-state index >= 15 is 0 Å². The molecule has 3 N–H and O–H groups in total. The fourth-order valence-electron chi connectivity index (χ4n) is 2.53. The maximum atomic E-state index is 11.5. The van der Waals surface area contributed by atoms with Crippen LogP contribution in [0.4, 0.5) is 0 Å². The van der Waals surface area contributed by atoms with Gasteiger partial charge in [-0.3, -0.25) is 4.79 Å². The summed E-state index contributed by atoms with van der Waals surface area (Å²) in [7, 11) is 4.12. The SMILES string of the molecule is CN(C)Cc1ccc(CSc2nc3c(C(N)=O)cccc3[nH]2)cc1. The molecule has 1 aromatic heterocycles. The fraction of sp³-hybridized carbons (Fsp3) is 0.222. The van der Waals surface area contributed by atoms with E-state index in [4.69, 9.17) is 5.73 Å². The van der Waals surface area contributed by atoms with Crippen molar-refractivity contribution in [2.24, 2.45) is 5.73 Å². The van der Waals surface area contributed by atoms with Gasteiger partial charge in [0.1, 0.15) is 5.52 Å². The standard InChI is InChI=1S/C18H20N4OS/c1-22(2)10-12-6-8-13(9-7-12)11-24-18-20-15-5-3-4-14(17(19)23)16(15)21-18/h3-9H,10-11H2,1-2H3,(H2,19,23)(H,20,21). The number of H-pyrrole nitrogens is 1. The fourth-order valence-corrected chi connectivity index (χ4v) is 3.37. The minimum Gasteiger partial charge on any atom is -0.366 e. The summed E-state index contributed by atoms with van der Waals surface area (Å²) < 4.78 is 0. The van der Waals surface area contributed by atoms with Gasteiger partial charge in [-0.25, -0.2) is 4.98 Å². The van der Waals surface area contributed by atoms with Gasteiger partial charge in [-0.05, 0) is 37.4 Å². The summed E-state index contributed by atoms with van der Waals surface area (Å²) >= 11 is 1.61. The number of aromatic nitrogens is 2. The van der Waals surface area contributed by atoms with Gasteiger partial charge >= 0.3 is 0 Å². The molecule has 3 aromatic rings. The van der Waals surface area contributed by atoms with Crippen molar-refractivity contribution in [3.8, 4) is 0 Å². The molecule has 0 unspecified atom stereocenters. The second-order valence-electron chi connectivity index (χ2n) is 5.95.